The predicted molar refractivity (Wildman–Crippen MR) is 103 cm³/mol. The molecule has 1 amide bonds. The van der Waals surface area contributed by atoms with Crippen molar-refractivity contribution in [2.75, 3.05) is 17.4 Å². The van der Waals surface area contributed by atoms with Gasteiger partial charge < -0.3 is 5.32 Å². The van der Waals surface area contributed by atoms with Crippen LogP contribution in [0, 0.1) is 0 Å². The fraction of sp³-hybridized carbons (Fsp3) is 0.316. The van der Waals surface area contributed by atoms with Crippen molar-refractivity contribution in [3.05, 3.63) is 58.6 Å². The van der Waals surface area contributed by atoms with Gasteiger partial charge in [0.25, 0.3) is 15.9 Å². The molecule has 1 aliphatic heterocycles. The molecule has 1 heterocycles. The van der Waals surface area contributed by atoms with Crippen LogP contribution in [0.2, 0.25) is 5.02 Å². The Morgan fingerprint density at radius 3 is 2.77 bits per heavy atom. The summed E-state index contributed by atoms with van der Waals surface area (Å²) < 4.78 is 27.8. The van der Waals surface area contributed by atoms with Gasteiger partial charge in [-0.15, -0.1) is 0 Å². The summed E-state index contributed by atoms with van der Waals surface area (Å²) in [4.78, 5) is 12.3. The summed E-state index contributed by atoms with van der Waals surface area (Å²) in [5.74, 6) is -0.368. The molecule has 0 atom stereocenters. The number of anilines is 1. The van der Waals surface area contributed by atoms with Gasteiger partial charge >= 0.3 is 0 Å². The minimum absolute atomic E-state index is 0.0697. The number of nitrogens with zero attached hydrogens (tertiary/aromatic N) is 1. The smallest absolute Gasteiger partial charge is 0.264 e. The fourth-order valence-electron chi connectivity index (χ4n) is 3.05. The van der Waals surface area contributed by atoms with Crippen molar-refractivity contribution in [2.24, 2.45) is 0 Å². The number of halogens is 1. The maximum atomic E-state index is 13.2. The number of sulfonamides is 1. The summed E-state index contributed by atoms with van der Waals surface area (Å²) in [6, 6.07) is 11.8. The predicted octanol–water partition coefficient (Wildman–Crippen LogP) is 3.62. The van der Waals surface area contributed by atoms with E-state index in [9.17, 15) is 13.2 Å². The molecule has 0 saturated heterocycles. The van der Waals surface area contributed by atoms with Crippen LogP contribution >= 0.6 is 11.6 Å². The number of carbonyl (C=O) groups excluding carboxylic acids is 1. The minimum atomic E-state index is -3.77. The van der Waals surface area contributed by atoms with Crippen molar-refractivity contribution < 1.29 is 13.2 Å². The van der Waals surface area contributed by atoms with Crippen LogP contribution in [-0.4, -0.2) is 27.4 Å². The third-order valence-electron chi connectivity index (χ3n) is 4.37. The first-order chi connectivity index (χ1) is 12.4. The number of rotatable bonds is 5. The van der Waals surface area contributed by atoms with Crippen molar-refractivity contribution in [2.45, 2.75) is 31.1 Å². The topological polar surface area (TPSA) is 66.5 Å². The normalized spacial score (nSPS) is 14.0. The number of fused-ring (bicyclic) bond motifs is 1. The van der Waals surface area contributed by atoms with Crippen molar-refractivity contribution >= 4 is 33.2 Å². The van der Waals surface area contributed by atoms with Gasteiger partial charge in [-0.2, -0.15) is 0 Å². The van der Waals surface area contributed by atoms with Gasteiger partial charge in [0.15, 0.2) is 0 Å². The van der Waals surface area contributed by atoms with E-state index in [-0.39, 0.29) is 21.4 Å². The molecule has 138 valence electrons. The fourth-order valence-corrected chi connectivity index (χ4v) is 4.82. The number of nitrogens with one attached hydrogen (secondary N) is 1. The first-order valence-electron chi connectivity index (χ1n) is 8.63. The molecule has 7 heteroatoms. The molecule has 0 spiro atoms. The van der Waals surface area contributed by atoms with E-state index in [0.29, 0.717) is 18.8 Å². The van der Waals surface area contributed by atoms with Crippen molar-refractivity contribution in [3.8, 4) is 0 Å². The zero-order chi connectivity index (χ0) is 18.7. The van der Waals surface area contributed by atoms with Crippen LogP contribution in [0.1, 0.15) is 35.7 Å². The Labute approximate surface area is 159 Å². The lowest BCUT2D eigenvalue weighted by molar-refractivity contribution is 0.0953. The van der Waals surface area contributed by atoms with E-state index in [1.165, 1.54) is 22.5 Å². The summed E-state index contributed by atoms with van der Waals surface area (Å²) >= 11 is 6.12. The zero-order valence-corrected chi connectivity index (χ0v) is 16.1. The largest absolute Gasteiger partial charge is 0.352 e. The average molecular weight is 393 g/mol. The number of benzene rings is 2. The third-order valence-corrected chi connectivity index (χ3v) is 6.51. The molecule has 1 N–H and O–H groups in total. The number of hydrogen-bond acceptors (Lipinski definition) is 3. The molecule has 0 aromatic heterocycles. The maximum Gasteiger partial charge on any atom is 0.264 e. The second-order valence-electron chi connectivity index (χ2n) is 6.21. The summed E-state index contributed by atoms with van der Waals surface area (Å²) in [5.41, 5.74) is 1.88. The molecular weight excluding hydrogens is 372 g/mol. The van der Waals surface area contributed by atoms with E-state index in [0.717, 1.165) is 24.8 Å². The molecule has 0 bridgehead atoms. The van der Waals surface area contributed by atoms with Crippen LogP contribution in [0.3, 0.4) is 0 Å². The highest BCUT2D eigenvalue weighted by Gasteiger charge is 2.29. The quantitative estimate of drug-likeness (QED) is 0.845. The number of carbonyl (C=O) groups is 1. The minimum Gasteiger partial charge on any atom is -0.352 e. The molecule has 0 aliphatic carbocycles. The Morgan fingerprint density at radius 2 is 2.00 bits per heavy atom. The van der Waals surface area contributed by atoms with Crippen molar-refractivity contribution in [1.82, 2.24) is 5.32 Å². The van der Waals surface area contributed by atoms with E-state index in [2.05, 4.69) is 5.32 Å². The van der Waals surface area contributed by atoms with E-state index < -0.39 is 10.0 Å². The highest BCUT2D eigenvalue weighted by atomic mass is 35.5. The average Bonchev–Trinajstić information content (AvgIpc) is 2.65. The molecule has 3 rings (SSSR count). The maximum absolute atomic E-state index is 13.2. The van der Waals surface area contributed by atoms with Gasteiger partial charge in [-0.3, -0.25) is 9.10 Å². The number of amides is 1. The Kier molecular flexibility index (Phi) is 5.53. The second-order valence-corrected chi connectivity index (χ2v) is 8.48. The van der Waals surface area contributed by atoms with Crippen LogP contribution in [0.5, 0.6) is 0 Å². The summed E-state index contributed by atoms with van der Waals surface area (Å²) in [6.45, 7) is 2.86. The van der Waals surface area contributed by atoms with Crippen LogP contribution in [0.15, 0.2) is 47.4 Å². The molecule has 0 radical (unpaired) electrons. The van der Waals surface area contributed by atoms with Crippen LogP contribution < -0.4 is 9.62 Å². The van der Waals surface area contributed by atoms with Gasteiger partial charge in [-0.1, -0.05) is 36.7 Å². The van der Waals surface area contributed by atoms with Crippen LogP contribution in [-0.2, 0) is 16.4 Å². The van der Waals surface area contributed by atoms with Gasteiger partial charge in [-0.25, -0.2) is 8.42 Å². The van der Waals surface area contributed by atoms with Crippen LogP contribution in [0.25, 0.3) is 0 Å². The van der Waals surface area contributed by atoms with Gasteiger partial charge in [0.1, 0.15) is 0 Å². The Hall–Kier alpha value is -2.05. The molecule has 1 aliphatic rings. The van der Waals surface area contributed by atoms with Gasteiger partial charge in [0, 0.05) is 13.1 Å². The Morgan fingerprint density at radius 1 is 1.23 bits per heavy atom. The number of para-hydroxylation sites is 1. The summed E-state index contributed by atoms with van der Waals surface area (Å²) in [5, 5.41) is 2.96. The van der Waals surface area contributed by atoms with E-state index in [1.54, 1.807) is 0 Å². The lowest BCUT2D eigenvalue weighted by Gasteiger charge is -2.30. The molecule has 0 saturated carbocycles. The Bertz CT molecular complexity index is 928. The second kappa shape index (κ2) is 7.68. The van der Waals surface area contributed by atoms with Crippen molar-refractivity contribution in [1.29, 1.82) is 0 Å². The first kappa shape index (κ1) is 18.7. The first-order valence-corrected chi connectivity index (χ1v) is 10.5. The van der Waals surface area contributed by atoms with Gasteiger partial charge in [0.05, 0.1) is 21.2 Å². The lowest BCUT2D eigenvalue weighted by Crippen LogP contribution is -2.35. The highest BCUT2D eigenvalue weighted by molar-refractivity contribution is 7.92. The third kappa shape index (κ3) is 3.57. The van der Waals surface area contributed by atoms with E-state index in [1.807, 2.05) is 31.2 Å². The molecule has 5 nitrogen and oxygen atoms in total. The van der Waals surface area contributed by atoms with Gasteiger partial charge in [-0.05, 0) is 49.1 Å². The standard InChI is InChI=1S/C19H21ClN2O3S/c1-2-11-21-19(23)16-13-15(9-10-17(16)20)26(24,25)22-12-5-7-14-6-3-4-8-18(14)22/h3-4,6,8-10,13H,2,5,7,11-12H2,1H3,(H,21,23). The molecule has 26 heavy (non-hydrogen) atoms. The molecule has 2 aromatic carbocycles. The van der Waals surface area contributed by atoms with Gasteiger partial charge in [0.2, 0.25) is 0 Å². The van der Waals surface area contributed by atoms with Crippen molar-refractivity contribution in [3.63, 3.8) is 0 Å². The lowest BCUT2D eigenvalue weighted by atomic mass is 10.0. The number of hydrogen-bond donors (Lipinski definition) is 1. The zero-order valence-electron chi connectivity index (χ0n) is 14.5. The summed E-state index contributed by atoms with van der Waals surface area (Å²) in [7, 11) is -3.77. The number of aryl methyl sites for hydroxylation is 1. The summed E-state index contributed by atoms with van der Waals surface area (Å²) in [6.07, 6.45) is 2.40. The monoisotopic (exact) mass is 392 g/mol. The highest BCUT2D eigenvalue weighted by Crippen LogP contribution is 2.32. The molecule has 2 aromatic rings. The molecule has 0 fully saturated rings. The van der Waals surface area contributed by atoms with Crippen LogP contribution in [0.4, 0.5) is 5.69 Å². The van der Waals surface area contributed by atoms with E-state index >= 15 is 0 Å². The Balaban J connectivity index is 2.00. The molecule has 0 unspecified atom stereocenters. The van der Waals surface area contributed by atoms with E-state index in [4.69, 9.17) is 11.6 Å². The SMILES string of the molecule is CCCNC(=O)c1cc(S(=O)(=O)N2CCCc3ccccc32)ccc1Cl. The molecular formula is C19H21ClN2O3S.